The Bertz CT molecular complexity index is 373. The topological polar surface area (TPSA) is 64.7 Å². The van der Waals surface area contributed by atoms with E-state index in [1.54, 1.807) is 11.8 Å². The van der Waals surface area contributed by atoms with E-state index in [0.717, 1.165) is 28.6 Å². The van der Waals surface area contributed by atoms with Crippen molar-refractivity contribution in [3.05, 3.63) is 18.2 Å². The molecule has 1 aromatic rings. The van der Waals surface area contributed by atoms with Gasteiger partial charge in [-0.2, -0.15) is 0 Å². The van der Waals surface area contributed by atoms with Crippen LogP contribution >= 0.6 is 11.8 Å². The molecule has 0 saturated carbocycles. The number of hydrogen-bond donors (Lipinski definition) is 2. The van der Waals surface area contributed by atoms with E-state index in [0.29, 0.717) is 13.2 Å². The van der Waals surface area contributed by atoms with Gasteiger partial charge in [-0.05, 0) is 30.4 Å². The third-order valence-electron chi connectivity index (χ3n) is 2.51. The van der Waals surface area contributed by atoms with Gasteiger partial charge in [-0.1, -0.05) is 0 Å². The molecule has 0 radical (unpaired) electrons. The van der Waals surface area contributed by atoms with E-state index in [2.05, 4.69) is 0 Å². The molecule has 1 atom stereocenters. The molecule has 0 aliphatic carbocycles. The van der Waals surface area contributed by atoms with Gasteiger partial charge in [0.1, 0.15) is 13.2 Å². The van der Waals surface area contributed by atoms with Crippen molar-refractivity contribution in [2.24, 2.45) is 5.73 Å². The second-order valence-corrected chi connectivity index (χ2v) is 5.05. The zero-order valence-electron chi connectivity index (χ0n) is 9.59. The highest BCUT2D eigenvalue weighted by Gasteiger charge is 2.11. The van der Waals surface area contributed by atoms with Gasteiger partial charge in [0.2, 0.25) is 0 Å². The van der Waals surface area contributed by atoms with Crippen LogP contribution in [0.4, 0.5) is 0 Å². The highest BCUT2D eigenvalue weighted by atomic mass is 32.2. The Hall–Kier alpha value is -0.910. The van der Waals surface area contributed by atoms with Gasteiger partial charge in [-0.25, -0.2) is 0 Å². The van der Waals surface area contributed by atoms with Crippen molar-refractivity contribution in [2.45, 2.75) is 17.4 Å². The molecule has 1 aliphatic heterocycles. The second kappa shape index (κ2) is 6.14. The van der Waals surface area contributed by atoms with Gasteiger partial charge in [0.15, 0.2) is 11.5 Å². The Labute approximate surface area is 105 Å². The second-order valence-electron chi connectivity index (χ2n) is 3.89. The maximum Gasteiger partial charge on any atom is 0.162 e. The molecule has 1 aromatic carbocycles. The van der Waals surface area contributed by atoms with Crippen LogP contribution in [0.2, 0.25) is 0 Å². The Kier molecular flexibility index (Phi) is 4.53. The summed E-state index contributed by atoms with van der Waals surface area (Å²) in [6, 6.07) is 5.81. The van der Waals surface area contributed by atoms with Crippen LogP contribution in [0.3, 0.4) is 0 Å². The zero-order chi connectivity index (χ0) is 12.1. The molecule has 2 rings (SSSR count). The molecule has 0 fully saturated rings. The first-order valence-corrected chi connectivity index (χ1v) is 6.67. The quantitative estimate of drug-likeness (QED) is 0.775. The van der Waals surface area contributed by atoms with Gasteiger partial charge >= 0.3 is 0 Å². The standard InChI is InChI=1S/C12H17NO3S/c13-9(8-14)3-6-17-10-1-2-11-12(7-10)16-5-4-15-11/h1-2,7,9,14H,3-6,8,13H2. The molecule has 0 aromatic heterocycles. The Morgan fingerprint density at radius 2 is 2.06 bits per heavy atom. The van der Waals surface area contributed by atoms with Gasteiger partial charge in [-0.3, -0.25) is 0 Å². The maximum atomic E-state index is 8.82. The average Bonchev–Trinajstić information content (AvgIpc) is 2.38. The number of benzene rings is 1. The van der Waals surface area contributed by atoms with E-state index in [4.69, 9.17) is 20.3 Å². The molecule has 3 N–H and O–H groups in total. The van der Waals surface area contributed by atoms with Crippen molar-refractivity contribution in [3.63, 3.8) is 0 Å². The van der Waals surface area contributed by atoms with Crippen LogP contribution < -0.4 is 15.2 Å². The maximum absolute atomic E-state index is 8.82. The summed E-state index contributed by atoms with van der Waals surface area (Å²) < 4.78 is 11.0. The van der Waals surface area contributed by atoms with Crippen LogP contribution in [0, 0.1) is 0 Å². The predicted octanol–water partition coefficient (Wildman–Crippen LogP) is 1.26. The van der Waals surface area contributed by atoms with Gasteiger partial charge in [0, 0.05) is 10.9 Å². The number of aliphatic hydroxyl groups excluding tert-OH is 1. The fourth-order valence-corrected chi connectivity index (χ4v) is 2.54. The third kappa shape index (κ3) is 3.52. The summed E-state index contributed by atoms with van der Waals surface area (Å²) in [4.78, 5) is 1.14. The molecule has 17 heavy (non-hydrogen) atoms. The largest absolute Gasteiger partial charge is 0.486 e. The van der Waals surface area contributed by atoms with E-state index in [1.807, 2.05) is 18.2 Å². The van der Waals surface area contributed by atoms with Gasteiger partial charge in [0.25, 0.3) is 0 Å². The third-order valence-corrected chi connectivity index (χ3v) is 3.53. The molecule has 1 unspecified atom stereocenters. The number of nitrogens with two attached hydrogens (primary N) is 1. The molecule has 0 spiro atoms. The van der Waals surface area contributed by atoms with Crippen molar-refractivity contribution in [3.8, 4) is 11.5 Å². The Balaban J connectivity index is 1.89. The van der Waals surface area contributed by atoms with Crippen molar-refractivity contribution >= 4 is 11.8 Å². The highest BCUT2D eigenvalue weighted by molar-refractivity contribution is 7.99. The summed E-state index contributed by atoms with van der Waals surface area (Å²) in [6.07, 6.45) is 0.801. The number of rotatable bonds is 5. The monoisotopic (exact) mass is 255 g/mol. The van der Waals surface area contributed by atoms with Crippen LogP contribution in [0.25, 0.3) is 0 Å². The smallest absolute Gasteiger partial charge is 0.162 e. The molecule has 0 bridgehead atoms. The summed E-state index contributed by atoms with van der Waals surface area (Å²) in [6.45, 7) is 1.27. The SMILES string of the molecule is NC(CO)CCSc1ccc2c(c1)OCCO2. The van der Waals surface area contributed by atoms with E-state index < -0.39 is 0 Å². The molecular formula is C12H17NO3S. The fraction of sp³-hybridized carbons (Fsp3) is 0.500. The summed E-state index contributed by atoms with van der Waals surface area (Å²) >= 11 is 1.71. The highest BCUT2D eigenvalue weighted by Crippen LogP contribution is 2.34. The van der Waals surface area contributed by atoms with Crippen LogP contribution in [0.15, 0.2) is 23.1 Å². The number of fused-ring (bicyclic) bond motifs is 1. The van der Waals surface area contributed by atoms with Crippen LogP contribution in [-0.4, -0.2) is 36.7 Å². The lowest BCUT2D eigenvalue weighted by Gasteiger charge is -2.18. The molecule has 4 nitrogen and oxygen atoms in total. The molecule has 94 valence electrons. The minimum absolute atomic E-state index is 0.0434. The minimum Gasteiger partial charge on any atom is -0.486 e. The van der Waals surface area contributed by atoms with E-state index in [-0.39, 0.29) is 12.6 Å². The summed E-state index contributed by atoms with van der Waals surface area (Å²) in [5.74, 6) is 2.52. The van der Waals surface area contributed by atoms with Gasteiger partial charge in [0.05, 0.1) is 6.61 Å². The minimum atomic E-state index is -0.125. The number of thioether (sulfide) groups is 1. The molecule has 1 aliphatic rings. The number of hydrogen-bond acceptors (Lipinski definition) is 5. The van der Waals surface area contributed by atoms with E-state index >= 15 is 0 Å². The Morgan fingerprint density at radius 3 is 2.82 bits per heavy atom. The van der Waals surface area contributed by atoms with Crippen molar-refractivity contribution in [1.29, 1.82) is 0 Å². The average molecular weight is 255 g/mol. The fourth-order valence-electron chi connectivity index (χ4n) is 1.53. The summed E-state index contributed by atoms with van der Waals surface area (Å²) in [7, 11) is 0. The van der Waals surface area contributed by atoms with Crippen molar-refractivity contribution in [2.75, 3.05) is 25.6 Å². The van der Waals surface area contributed by atoms with Gasteiger partial charge in [-0.15, -0.1) is 11.8 Å². The van der Waals surface area contributed by atoms with E-state index in [9.17, 15) is 0 Å². The first kappa shape index (κ1) is 12.5. The van der Waals surface area contributed by atoms with Crippen LogP contribution in [-0.2, 0) is 0 Å². The molecular weight excluding hydrogens is 238 g/mol. The Morgan fingerprint density at radius 1 is 1.29 bits per heavy atom. The van der Waals surface area contributed by atoms with Crippen LogP contribution in [0.5, 0.6) is 11.5 Å². The molecule has 5 heteroatoms. The number of aliphatic hydroxyl groups is 1. The molecule has 0 amide bonds. The molecule has 0 saturated heterocycles. The van der Waals surface area contributed by atoms with Crippen molar-refractivity contribution < 1.29 is 14.6 Å². The first-order chi connectivity index (χ1) is 8.29. The van der Waals surface area contributed by atoms with E-state index in [1.165, 1.54) is 0 Å². The normalized spacial score (nSPS) is 15.6. The predicted molar refractivity (Wildman–Crippen MR) is 67.8 cm³/mol. The molecule has 1 heterocycles. The summed E-state index contributed by atoms with van der Waals surface area (Å²) in [5.41, 5.74) is 5.64. The van der Waals surface area contributed by atoms with Gasteiger partial charge < -0.3 is 20.3 Å². The lowest BCUT2D eigenvalue weighted by molar-refractivity contribution is 0.171. The summed E-state index contributed by atoms with van der Waals surface area (Å²) in [5, 5.41) is 8.82. The lowest BCUT2D eigenvalue weighted by Crippen LogP contribution is -2.24. The zero-order valence-corrected chi connectivity index (χ0v) is 10.4. The van der Waals surface area contributed by atoms with Crippen molar-refractivity contribution in [1.82, 2.24) is 0 Å². The number of ether oxygens (including phenoxy) is 2. The first-order valence-electron chi connectivity index (χ1n) is 5.68. The van der Waals surface area contributed by atoms with Crippen LogP contribution in [0.1, 0.15) is 6.42 Å². The lowest BCUT2D eigenvalue weighted by atomic mass is 10.3.